The summed E-state index contributed by atoms with van der Waals surface area (Å²) in [6.07, 6.45) is 11.1. The maximum Gasteiger partial charge on any atom is 0.339 e. The largest absolute Gasteiger partial charge is 0.472 e. The number of cyclic esters (lactones) is 2. The second-order valence-corrected chi connectivity index (χ2v) is 6.92. The Labute approximate surface area is 144 Å². The molecule has 1 aromatic heterocycles. The van der Waals surface area contributed by atoms with Gasteiger partial charge in [0.2, 0.25) is 0 Å². The van der Waals surface area contributed by atoms with Gasteiger partial charge in [-0.1, -0.05) is 30.9 Å². The summed E-state index contributed by atoms with van der Waals surface area (Å²) in [5.74, 6) is -0.812. The number of hydrogen-bond donors (Lipinski definition) is 0. The number of allylic oxidation sites excluding steroid dienone is 2. The van der Waals surface area contributed by atoms with Crippen molar-refractivity contribution in [3.63, 3.8) is 0 Å². The summed E-state index contributed by atoms with van der Waals surface area (Å²) in [5, 5.41) is 0. The fourth-order valence-corrected chi connectivity index (χ4v) is 4.52. The minimum atomic E-state index is -0.516. The minimum absolute atomic E-state index is 0.0106. The minimum Gasteiger partial charge on any atom is -0.472 e. The van der Waals surface area contributed by atoms with E-state index in [9.17, 15) is 9.59 Å². The first-order chi connectivity index (χ1) is 12.1. The average Bonchev–Trinajstić information content (AvgIpc) is 3.32. The quantitative estimate of drug-likeness (QED) is 0.582. The topological polar surface area (TPSA) is 65.7 Å². The molecule has 4 aliphatic rings. The van der Waals surface area contributed by atoms with E-state index in [1.807, 2.05) is 24.3 Å². The van der Waals surface area contributed by atoms with Crippen LogP contribution in [0.25, 0.3) is 0 Å². The van der Waals surface area contributed by atoms with E-state index in [2.05, 4.69) is 6.58 Å². The van der Waals surface area contributed by atoms with E-state index in [0.29, 0.717) is 12.2 Å². The normalized spacial score (nSPS) is 35.8. The first-order valence-electron chi connectivity index (χ1n) is 8.31. The molecular formula is C20H16O5. The van der Waals surface area contributed by atoms with Gasteiger partial charge in [-0.2, -0.15) is 0 Å². The molecule has 0 N–H and O–H groups in total. The van der Waals surface area contributed by atoms with Crippen molar-refractivity contribution in [2.24, 2.45) is 17.3 Å². The molecule has 0 saturated carbocycles. The Kier molecular flexibility index (Phi) is 2.82. The molecule has 5 nitrogen and oxygen atoms in total. The van der Waals surface area contributed by atoms with E-state index in [4.69, 9.17) is 13.9 Å². The van der Waals surface area contributed by atoms with Gasteiger partial charge in [-0.05, 0) is 18.1 Å². The number of esters is 2. The number of ether oxygens (including phenoxy) is 2. The summed E-state index contributed by atoms with van der Waals surface area (Å²) >= 11 is 0. The van der Waals surface area contributed by atoms with Gasteiger partial charge in [0.05, 0.1) is 30.6 Å². The molecule has 0 radical (unpaired) electrons. The fraction of sp³-hybridized carbons (Fsp3) is 0.300. The van der Waals surface area contributed by atoms with Gasteiger partial charge < -0.3 is 13.9 Å². The summed E-state index contributed by atoms with van der Waals surface area (Å²) in [6.45, 7) is 4.71. The number of fused-ring (bicyclic) bond motifs is 2. The molecular weight excluding hydrogens is 320 g/mol. The van der Waals surface area contributed by atoms with Gasteiger partial charge in [0.15, 0.2) is 6.10 Å². The molecule has 1 saturated heterocycles. The van der Waals surface area contributed by atoms with Crippen molar-refractivity contribution in [3.8, 4) is 0 Å². The zero-order valence-corrected chi connectivity index (χ0v) is 13.4. The summed E-state index contributed by atoms with van der Waals surface area (Å²) in [4.78, 5) is 24.4. The average molecular weight is 336 g/mol. The van der Waals surface area contributed by atoms with E-state index in [1.165, 1.54) is 0 Å². The number of hydrogen-bond acceptors (Lipinski definition) is 5. The smallest absolute Gasteiger partial charge is 0.339 e. The zero-order valence-electron chi connectivity index (χ0n) is 13.4. The van der Waals surface area contributed by atoms with Crippen molar-refractivity contribution in [1.29, 1.82) is 0 Å². The summed E-state index contributed by atoms with van der Waals surface area (Å²) in [5.41, 5.74) is 2.52. The molecule has 0 amide bonds. The lowest BCUT2D eigenvalue weighted by Crippen LogP contribution is -2.39. The maximum atomic E-state index is 12.3. The molecule has 1 aromatic rings. The fourth-order valence-electron chi connectivity index (χ4n) is 4.52. The lowest BCUT2D eigenvalue weighted by Gasteiger charge is -2.43. The van der Waals surface area contributed by atoms with Crippen LogP contribution in [-0.4, -0.2) is 18.5 Å². The molecule has 1 spiro atoms. The van der Waals surface area contributed by atoms with Crippen LogP contribution in [-0.2, 0) is 19.1 Å². The Balaban J connectivity index is 1.61. The molecule has 25 heavy (non-hydrogen) atoms. The SMILES string of the molecule is C=C1C2=C(C=C[C@]13CC=C[C@H]1C(=O)OC[C@H]13)C(=O)O[C@H]2c1ccoc1. The number of carbonyl (C=O) groups is 2. The van der Waals surface area contributed by atoms with Gasteiger partial charge in [-0.3, -0.25) is 4.79 Å². The molecule has 2 aliphatic carbocycles. The van der Waals surface area contributed by atoms with Crippen molar-refractivity contribution in [2.45, 2.75) is 12.5 Å². The highest BCUT2D eigenvalue weighted by atomic mass is 16.6. The second-order valence-electron chi connectivity index (χ2n) is 6.92. The molecule has 4 atom stereocenters. The van der Waals surface area contributed by atoms with Crippen molar-refractivity contribution < 1.29 is 23.5 Å². The third-order valence-electron chi connectivity index (χ3n) is 5.85. The van der Waals surface area contributed by atoms with Crippen LogP contribution in [0.2, 0.25) is 0 Å². The summed E-state index contributed by atoms with van der Waals surface area (Å²) in [7, 11) is 0. The van der Waals surface area contributed by atoms with Crippen molar-refractivity contribution >= 4 is 11.9 Å². The van der Waals surface area contributed by atoms with Crippen LogP contribution >= 0.6 is 0 Å². The van der Waals surface area contributed by atoms with Gasteiger partial charge in [-0.15, -0.1) is 0 Å². The van der Waals surface area contributed by atoms with Gasteiger partial charge >= 0.3 is 11.9 Å². The van der Waals surface area contributed by atoms with Crippen LogP contribution in [0.15, 0.2) is 70.6 Å². The van der Waals surface area contributed by atoms with Crippen molar-refractivity contribution in [1.82, 2.24) is 0 Å². The molecule has 5 heteroatoms. The third kappa shape index (κ3) is 1.78. The Morgan fingerprint density at radius 3 is 2.96 bits per heavy atom. The lowest BCUT2D eigenvalue weighted by molar-refractivity contribution is -0.140. The van der Waals surface area contributed by atoms with Gasteiger partial charge in [-0.25, -0.2) is 4.79 Å². The van der Waals surface area contributed by atoms with Crippen molar-refractivity contribution in [2.75, 3.05) is 6.61 Å². The Morgan fingerprint density at radius 1 is 1.28 bits per heavy atom. The third-order valence-corrected chi connectivity index (χ3v) is 5.85. The van der Waals surface area contributed by atoms with E-state index in [1.54, 1.807) is 18.6 Å². The molecule has 3 heterocycles. The first-order valence-corrected chi connectivity index (χ1v) is 8.31. The van der Waals surface area contributed by atoms with Gasteiger partial charge in [0.1, 0.15) is 0 Å². The number of furan rings is 1. The molecule has 5 rings (SSSR count). The molecule has 2 aliphatic heterocycles. The first kappa shape index (κ1) is 14.5. The van der Waals surface area contributed by atoms with E-state index < -0.39 is 11.5 Å². The summed E-state index contributed by atoms with van der Waals surface area (Å²) < 4.78 is 16.1. The number of rotatable bonds is 1. The van der Waals surface area contributed by atoms with Crippen LogP contribution in [0.3, 0.4) is 0 Å². The Bertz CT molecular complexity index is 885. The van der Waals surface area contributed by atoms with Gasteiger partial charge in [0.25, 0.3) is 0 Å². The maximum absolute atomic E-state index is 12.3. The van der Waals surface area contributed by atoms with Crippen LogP contribution in [0.4, 0.5) is 0 Å². The molecule has 0 aromatic carbocycles. The highest BCUT2D eigenvalue weighted by molar-refractivity contribution is 5.97. The lowest BCUT2D eigenvalue weighted by atomic mass is 9.58. The molecule has 1 fully saturated rings. The monoisotopic (exact) mass is 336 g/mol. The molecule has 0 unspecified atom stereocenters. The van der Waals surface area contributed by atoms with Crippen LogP contribution in [0.1, 0.15) is 18.1 Å². The molecule has 126 valence electrons. The second kappa shape index (κ2) is 4.85. The Morgan fingerprint density at radius 2 is 2.16 bits per heavy atom. The van der Waals surface area contributed by atoms with Crippen LogP contribution < -0.4 is 0 Å². The van der Waals surface area contributed by atoms with Crippen LogP contribution in [0, 0.1) is 17.3 Å². The predicted octanol–water partition coefficient (Wildman–Crippen LogP) is 3.04. The highest BCUT2D eigenvalue weighted by Crippen LogP contribution is 2.57. The summed E-state index contributed by atoms with van der Waals surface area (Å²) in [6, 6.07) is 1.79. The Hall–Kier alpha value is -2.82. The highest BCUT2D eigenvalue weighted by Gasteiger charge is 2.54. The van der Waals surface area contributed by atoms with Crippen molar-refractivity contribution in [3.05, 3.63) is 71.8 Å². The van der Waals surface area contributed by atoms with E-state index in [0.717, 1.165) is 23.1 Å². The van der Waals surface area contributed by atoms with Gasteiger partial charge in [0, 0.05) is 22.5 Å². The standard InChI is InChI=1S/C20H16O5/c1-11-16-14(19(22)25-17(16)12-5-8-23-9-12)4-7-20(11)6-2-3-13-15(20)10-24-18(13)21/h2-5,7-9,13,15,17H,1,6,10H2/t13-,15-,17+,20-/m1/s1. The van der Waals surface area contributed by atoms with Crippen LogP contribution in [0.5, 0.6) is 0 Å². The molecule has 0 bridgehead atoms. The number of carbonyl (C=O) groups excluding carboxylic acids is 2. The predicted molar refractivity (Wildman–Crippen MR) is 87.0 cm³/mol. The zero-order chi connectivity index (χ0) is 17.2. The van der Waals surface area contributed by atoms with E-state index >= 15 is 0 Å². The van der Waals surface area contributed by atoms with E-state index in [-0.39, 0.29) is 23.8 Å².